The van der Waals surface area contributed by atoms with Gasteiger partial charge in [0.05, 0.1) is 25.4 Å². The molecule has 4 rings (SSSR count). The molecule has 0 radical (unpaired) electrons. The standard InChI is InChI=1S/C25H29N3O5/c1-4-32-24-13-17(25-28-27-15(2)33-25)6-8-20(24)22(29)9-10-23(30)21-12-16-5-7-19(31-3)11-18(16)14-26-21/h5-8,11,13,21,23,26,30H,4,9-10,12,14H2,1-3H3/t21-,23+/m0/s1. The zero-order valence-electron chi connectivity index (χ0n) is 19.1. The van der Waals surface area contributed by atoms with Crippen molar-refractivity contribution >= 4 is 5.78 Å². The minimum absolute atomic E-state index is 0.0771. The molecule has 2 heterocycles. The molecule has 8 nitrogen and oxygen atoms in total. The Bertz CT molecular complexity index is 1130. The average molecular weight is 452 g/mol. The summed E-state index contributed by atoms with van der Waals surface area (Å²) < 4.78 is 16.5. The van der Waals surface area contributed by atoms with Crippen LogP contribution < -0.4 is 14.8 Å². The SMILES string of the molecule is CCOc1cc(-c2nnc(C)o2)ccc1C(=O)CC[C@@H](O)[C@@H]1Cc2ccc(OC)cc2CN1. The van der Waals surface area contributed by atoms with Crippen molar-refractivity contribution in [2.75, 3.05) is 13.7 Å². The van der Waals surface area contributed by atoms with E-state index in [2.05, 4.69) is 15.5 Å². The van der Waals surface area contributed by atoms with Gasteiger partial charge in [0, 0.05) is 31.5 Å². The molecule has 2 atom stereocenters. The molecule has 8 heteroatoms. The van der Waals surface area contributed by atoms with Crippen molar-refractivity contribution in [1.29, 1.82) is 0 Å². The number of fused-ring (bicyclic) bond motifs is 1. The number of benzene rings is 2. The van der Waals surface area contributed by atoms with Crippen LogP contribution in [0.25, 0.3) is 11.5 Å². The Morgan fingerprint density at radius 3 is 2.82 bits per heavy atom. The summed E-state index contributed by atoms with van der Waals surface area (Å²) in [5.74, 6) is 2.07. The molecule has 1 aromatic heterocycles. The third-order valence-electron chi connectivity index (χ3n) is 5.89. The van der Waals surface area contributed by atoms with E-state index in [1.807, 2.05) is 25.1 Å². The van der Waals surface area contributed by atoms with Crippen LogP contribution in [0.3, 0.4) is 0 Å². The highest BCUT2D eigenvalue weighted by Gasteiger charge is 2.26. The lowest BCUT2D eigenvalue weighted by atomic mass is 9.90. The van der Waals surface area contributed by atoms with Crippen molar-refractivity contribution in [3.05, 3.63) is 59.0 Å². The first-order valence-corrected chi connectivity index (χ1v) is 11.2. The summed E-state index contributed by atoms with van der Waals surface area (Å²) in [6.45, 7) is 4.67. The number of aliphatic hydroxyl groups is 1. The van der Waals surface area contributed by atoms with E-state index < -0.39 is 6.10 Å². The van der Waals surface area contributed by atoms with E-state index in [1.54, 1.807) is 32.2 Å². The number of nitrogens with one attached hydrogen (secondary N) is 1. The predicted octanol–water partition coefficient (Wildman–Crippen LogP) is 3.49. The molecule has 1 aliphatic rings. The summed E-state index contributed by atoms with van der Waals surface area (Å²) in [4.78, 5) is 13.0. The smallest absolute Gasteiger partial charge is 0.247 e. The topological polar surface area (TPSA) is 107 Å². The maximum absolute atomic E-state index is 13.0. The monoisotopic (exact) mass is 451 g/mol. The minimum Gasteiger partial charge on any atom is -0.497 e. The molecule has 33 heavy (non-hydrogen) atoms. The predicted molar refractivity (Wildman–Crippen MR) is 123 cm³/mol. The van der Waals surface area contributed by atoms with Crippen molar-refractivity contribution in [3.8, 4) is 23.0 Å². The Kier molecular flexibility index (Phi) is 7.05. The molecule has 174 valence electrons. The largest absolute Gasteiger partial charge is 0.497 e. The number of rotatable bonds is 9. The number of ether oxygens (including phenoxy) is 2. The molecule has 0 fully saturated rings. The maximum atomic E-state index is 13.0. The van der Waals surface area contributed by atoms with Crippen LogP contribution in [0.4, 0.5) is 0 Å². The molecular formula is C25H29N3O5. The summed E-state index contributed by atoms with van der Waals surface area (Å²) in [5.41, 5.74) is 3.54. The van der Waals surface area contributed by atoms with Crippen molar-refractivity contribution in [1.82, 2.24) is 15.5 Å². The van der Waals surface area contributed by atoms with E-state index in [1.165, 1.54) is 11.1 Å². The number of hydrogen-bond donors (Lipinski definition) is 2. The van der Waals surface area contributed by atoms with Gasteiger partial charge in [0.15, 0.2) is 5.78 Å². The molecule has 0 spiro atoms. The van der Waals surface area contributed by atoms with Gasteiger partial charge in [0.25, 0.3) is 0 Å². The van der Waals surface area contributed by atoms with E-state index in [-0.39, 0.29) is 18.2 Å². The third kappa shape index (κ3) is 5.23. The van der Waals surface area contributed by atoms with Gasteiger partial charge < -0.3 is 24.3 Å². The molecule has 2 aromatic carbocycles. The zero-order chi connectivity index (χ0) is 23.4. The van der Waals surface area contributed by atoms with E-state index in [4.69, 9.17) is 13.9 Å². The van der Waals surface area contributed by atoms with Crippen LogP contribution in [0.5, 0.6) is 11.5 Å². The highest BCUT2D eigenvalue weighted by molar-refractivity contribution is 5.99. The number of nitrogens with zero attached hydrogens (tertiary/aromatic N) is 2. The van der Waals surface area contributed by atoms with E-state index in [0.29, 0.717) is 54.7 Å². The van der Waals surface area contributed by atoms with E-state index in [0.717, 1.165) is 5.75 Å². The van der Waals surface area contributed by atoms with Crippen molar-refractivity contribution in [2.24, 2.45) is 0 Å². The van der Waals surface area contributed by atoms with Gasteiger partial charge in [-0.1, -0.05) is 6.07 Å². The van der Waals surface area contributed by atoms with Gasteiger partial charge >= 0.3 is 0 Å². The van der Waals surface area contributed by atoms with Crippen LogP contribution in [-0.2, 0) is 13.0 Å². The number of carbonyl (C=O) groups excluding carboxylic acids is 1. The van der Waals surface area contributed by atoms with Crippen molar-refractivity contribution < 1.29 is 23.8 Å². The molecule has 1 aliphatic heterocycles. The van der Waals surface area contributed by atoms with Gasteiger partial charge in [-0.25, -0.2) is 0 Å². The molecule has 0 aliphatic carbocycles. The van der Waals surface area contributed by atoms with Crippen molar-refractivity contribution in [3.63, 3.8) is 0 Å². The number of aryl methyl sites for hydroxylation is 1. The summed E-state index contributed by atoms with van der Waals surface area (Å²) in [5, 5.41) is 22.0. The molecular weight excluding hydrogens is 422 g/mol. The fourth-order valence-electron chi connectivity index (χ4n) is 4.10. The average Bonchev–Trinajstić information content (AvgIpc) is 3.28. The Labute approximate surface area is 192 Å². The summed E-state index contributed by atoms with van der Waals surface area (Å²) in [7, 11) is 1.65. The van der Waals surface area contributed by atoms with Crippen LogP contribution in [0.15, 0.2) is 40.8 Å². The summed E-state index contributed by atoms with van der Waals surface area (Å²) >= 11 is 0. The van der Waals surface area contributed by atoms with Gasteiger partial charge in [-0.3, -0.25) is 4.79 Å². The van der Waals surface area contributed by atoms with Crippen molar-refractivity contribution in [2.45, 2.75) is 51.8 Å². The Morgan fingerprint density at radius 1 is 1.24 bits per heavy atom. The zero-order valence-corrected chi connectivity index (χ0v) is 19.1. The first-order chi connectivity index (χ1) is 16.0. The van der Waals surface area contributed by atoms with E-state index in [9.17, 15) is 9.90 Å². The normalized spacial score (nSPS) is 16.2. The fourth-order valence-corrected chi connectivity index (χ4v) is 4.10. The second kappa shape index (κ2) is 10.1. The van der Waals surface area contributed by atoms with Gasteiger partial charge in [0.2, 0.25) is 11.8 Å². The molecule has 0 saturated heterocycles. The van der Waals surface area contributed by atoms with Crippen LogP contribution in [0.1, 0.15) is 47.1 Å². The quantitative estimate of drug-likeness (QED) is 0.476. The van der Waals surface area contributed by atoms with Crippen LogP contribution in [0, 0.1) is 6.92 Å². The molecule has 3 aromatic rings. The molecule has 0 bridgehead atoms. The lowest BCUT2D eigenvalue weighted by Gasteiger charge is -2.30. The highest BCUT2D eigenvalue weighted by Crippen LogP contribution is 2.29. The number of Topliss-reactive ketones (excluding diaryl/α,β-unsaturated/α-hetero) is 1. The highest BCUT2D eigenvalue weighted by atomic mass is 16.5. The number of methoxy groups -OCH3 is 1. The van der Waals surface area contributed by atoms with Gasteiger partial charge in [-0.15, -0.1) is 10.2 Å². The lowest BCUT2D eigenvalue weighted by Crippen LogP contribution is -2.44. The Hall–Kier alpha value is -3.23. The van der Waals surface area contributed by atoms with Crippen LogP contribution >= 0.6 is 0 Å². The van der Waals surface area contributed by atoms with Gasteiger partial charge in [0.1, 0.15) is 11.5 Å². The number of ketones is 1. The fraction of sp³-hybridized carbons (Fsp3) is 0.400. The summed E-state index contributed by atoms with van der Waals surface area (Å²) in [6, 6.07) is 11.1. The van der Waals surface area contributed by atoms with Gasteiger partial charge in [-0.05, 0) is 61.2 Å². The van der Waals surface area contributed by atoms with Crippen LogP contribution in [0.2, 0.25) is 0 Å². The second-order valence-corrected chi connectivity index (χ2v) is 8.13. The number of hydrogen-bond acceptors (Lipinski definition) is 8. The lowest BCUT2D eigenvalue weighted by molar-refractivity contribution is 0.0874. The van der Waals surface area contributed by atoms with Crippen LogP contribution in [-0.4, -0.2) is 46.9 Å². The molecule has 0 amide bonds. The summed E-state index contributed by atoms with van der Waals surface area (Å²) in [6.07, 6.45) is 0.642. The molecule has 0 unspecified atom stereocenters. The Balaban J connectivity index is 1.40. The minimum atomic E-state index is -0.639. The second-order valence-electron chi connectivity index (χ2n) is 8.13. The Morgan fingerprint density at radius 2 is 2.09 bits per heavy atom. The number of carbonyl (C=O) groups is 1. The maximum Gasteiger partial charge on any atom is 0.247 e. The first kappa shape index (κ1) is 22.9. The van der Waals surface area contributed by atoms with E-state index >= 15 is 0 Å². The number of aromatic nitrogens is 2. The molecule has 2 N–H and O–H groups in total. The van der Waals surface area contributed by atoms with Gasteiger partial charge in [-0.2, -0.15) is 0 Å². The number of aliphatic hydroxyl groups excluding tert-OH is 1. The molecule has 0 saturated carbocycles. The first-order valence-electron chi connectivity index (χ1n) is 11.2. The third-order valence-corrected chi connectivity index (χ3v) is 5.89.